The maximum Gasteiger partial charge on any atom is 0.409 e. The molecule has 0 unspecified atom stereocenters. The molecule has 0 saturated carbocycles. The lowest BCUT2D eigenvalue weighted by molar-refractivity contribution is 0.0691. The second kappa shape index (κ2) is 11.2. The van der Waals surface area contributed by atoms with Crippen molar-refractivity contribution in [2.45, 2.75) is 18.9 Å². The first-order valence-corrected chi connectivity index (χ1v) is 13.5. The third-order valence-corrected chi connectivity index (χ3v) is 7.50. The maximum absolute atomic E-state index is 13.1. The van der Waals surface area contributed by atoms with Crippen molar-refractivity contribution in [2.24, 2.45) is 0 Å². The van der Waals surface area contributed by atoms with Crippen molar-refractivity contribution >= 4 is 34.5 Å². The molecule has 0 radical (unpaired) electrons. The van der Waals surface area contributed by atoms with Crippen LogP contribution < -0.4 is 10.2 Å². The number of piperidine rings is 1. The number of nitriles is 1. The fourth-order valence-electron chi connectivity index (χ4n) is 5.33. The molecule has 2 fully saturated rings. The molecule has 41 heavy (non-hydrogen) atoms. The van der Waals surface area contributed by atoms with Gasteiger partial charge in [-0.15, -0.1) is 0 Å². The van der Waals surface area contributed by atoms with Crippen molar-refractivity contribution in [1.29, 1.82) is 5.26 Å². The molecule has 2 aromatic heterocycles. The minimum Gasteiger partial charge on any atom is -0.465 e. The molecular weight excluding hydrogens is 524 g/mol. The molecule has 0 atom stereocenters. The van der Waals surface area contributed by atoms with Crippen LogP contribution in [-0.2, 0) is 4.74 Å². The maximum atomic E-state index is 13.1. The molecule has 2 aliphatic heterocycles. The van der Waals surface area contributed by atoms with Gasteiger partial charge >= 0.3 is 6.09 Å². The number of carbonyl (C=O) groups is 2. The van der Waals surface area contributed by atoms with E-state index in [2.05, 4.69) is 16.3 Å². The van der Waals surface area contributed by atoms with Crippen LogP contribution in [0, 0.1) is 11.3 Å². The third kappa shape index (κ3) is 5.39. The molecular formula is C29H28N8O4. The van der Waals surface area contributed by atoms with Crippen molar-refractivity contribution in [3.05, 3.63) is 65.9 Å². The molecule has 2 aliphatic rings. The Kier molecular flexibility index (Phi) is 7.18. The number of carboxylic acid groups (broad SMARTS) is 1. The molecule has 12 heteroatoms. The number of fused-ring (bicyclic) bond motifs is 1. The molecule has 0 aliphatic carbocycles. The summed E-state index contributed by atoms with van der Waals surface area (Å²) in [7, 11) is 0. The molecule has 12 nitrogen and oxygen atoms in total. The average molecular weight is 553 g/mol. The Balaban J connectivity index is 1.28. The van der Waals surface area contributed by atoms with Crippen LogP contribution in [-0.4, -0.2) is 81.1 Å². The Bertz CT molecular complexity index is 1610. The summed E-state index contributed by atoms with van der Waals surface area (Å²) in [6.45, 7) is 3.78. The quantitative estimate of drug-likeness (QED) is 0.377. The van der Waals surface area contributed by atoms with Crippen LogP contribution in [0.1, 0.15) is 34.8 Å². The summed E-state index contributed by atoms with van der Waals surface area (Å²) in [6.07, 6.45) is 2.14. The lowest BCUT2D eigenvalue weighted by atomic mass is 10.0. The molecule has 2 aromatic carbocycles. The zero-order chi connectivity index (χ0) is 28.3. The molecule has 0 bridgehead atoms. The van der Waals surface area contributed by atoms with Crippen LogP contribution in [0.15, 0.2) is 54.7 Å². The lowest BCUT2D eigenvalue weighted by Crippen LogP contribution is -2.39. The number of likely N-dealkylation sites (tertiary alicyclic amines) is 1. The van der Waals surface area contributed by atoms with Gasteiger partial charge in [-0.05, 0) is 61.4 Å². The number of anilines is 2. The van der Waals surface area contributed by atoms with Gasteiger partial charge in [0.2, 0.25) is 0 Å². The molecule has 2 saturated heterocycles. The molecule has 208 valence electrons. The van der Waals surface area contributed by atoms with Gasteiger partial charge in [0, 0.05) is 43.0 Å². The molecule has 6 rings (SSSR count). The monoisotopic (exact) mass is 552 g/mol. The Morgan fingerprint density at radius 1 is 0.976 bits per heavy atom. The Hall–Kier alpha value is -5.02. The second-order valence-corrected chi connectivity index (χ2v) is 10.0. The van der Waals surface area contributed by atoms with E-state index in [9.17, 15) is 9.59 Å². The highest BCUT2D eigenvalue weighted by Gasteiger charge is 2.28. The number of benzene rings is 2. The number of nitrogens with zero attached hydrogens (tertiary/aromatic N) is 7. The van der Waals surface area contributed by atoms with Crippen LogP contribution >= 0.6 is 0 Å². The minimum atomic E-state index is -1.13. The third-order valence-electron chi connectivity index (χ3n) is 7.50. The predicted octanol–water partition coefficient (Wildman–Crippen LogP) is 3.77. The van der Waals surface area contributed by atoms with Crippen molar-refractivity contribution < 1.29 is 19.4 Å². The summed E-state index contributed by atoms with van der Waals surface area (Å²) in [5, 5.41) is 26.0. The minimum absolute atomic E-state index is 0.0432. The van der Waals surface area contributed by atoms with E-state index >= 15 is 0 Å². The van der Waals surface area contributed by atoms with Crippen LogP contribution in [0.3, 0.4) is 0 Å². The van der Waals surface area contributed by atoms with E-state index in [1.807, 2.05) is 15.8 Å². The van der Waals surface area contributed by atoms with Gasteiger partial charge in [0.25, 0.3) is 5.91 Å². The number of hydrogen-bond donors (Lipinski definition) is 2. The van der Waals surface area contributed by atoms with Crippen molar-refractivity contribution in [3.63, 3.8) is 0 Å². The fourth-order valence-corrected chi connectivity index (χ4v) is 5.33. The van der Waals surface area contributed by atoms with E-state index in [1.54, 1.807) is 48.5 Å². The smallest absolute Gasteiger partial charge is 0.409 e. The zero-order valence-electron chi connectivity index (χ0n) is 22.2. The van der Waals surface area contributed by atoms with Crippen molar-refractivity contribution in [2.75, 3.05) is 49.6 Å². The number of aromatic nitrogens is 4. The first-order valence-electron chi connectivity index (χ1n) is 13.5. The van der Waals surface area contributed by atoms with Crippen LogP contribution in [0.2, 0.25) is 0 Å². The first-order chi connectivity index (χ1) is 20.0. The van der Waals surface area contributed by atoms with Gasteiger partial charge in [0.1, 0.15) is 5.82 Å². The van der Waals surface area contributed by atoms with Crippen molar-refractivity contribution in [3.8, 4) is 17.5 Å². The average Bonchev–Trinajstić information content (AvgIpc) is 3.45. The standard InChI is InChI=1S/C29H28N8O4/c30-17-19-1-3-21(4-2-19)28(38)36-11-9-23(10-12-36)37-27-24(18-31-37)26(35-13-15-41-16-14-35)33-25(34-27)20-5-7-22(8-6-20)32-29(39)40/h1-8,18,23,32H,9-16H2,(H,39,40). The van der Waals surface area contributed by atoms with Gasteiger partial charge in [-0.1, -0.05) is 0 Å². The van der Waals surface area contributed by atoms with Gasteiger partial charge in [-0.25, -0.2) is 19.4 Å². The summed E-state index contributed by atoms with van der Waals surface area (Å²) in [6, 6.07) is 15.8. The number of amides is 2. The first kappa shape index (κ1) is 26.2. The summed E-state index contributed by atoms with van der Waals surface area (Å²) >= 11 is 0. The lowest BCUT2D eigenvalue weighted by Gasteiger charge is -2.32. The normalized spacial score (nSPS) is 16.0. The number of nitrogens with one attached hydrogen (secondary N) is 1. The predicted molar refractivity (Wildman–Crippen MR) is 151 cm³/mol. The Morgan fingerprint density at radius 2 is 1.68 bits per heavy atom. The Morgan fingerprint density at radius 3 is 2.34 bits per heavy atom. The molecule has 2 amide bonds. The number of ether oxygens (including phenoxy) is 1. The molecule has 2 N–H and O–H groups in total. The van der Waals surface area contributed by atoms with Crippen LogP contribution in [0.5, 0.6) is 0 Å². The van der Waals surface area contributed by atoms with Crippen molar-refractivity contribution in [1.82, 2.24) is 24.6 Å². The van der Waals surface area contributed by atoms with E-state index in [4.69, 9.17) is 30.2 Å². The Labute approximate surface area is 235 Å². The number of hydrogen-bond acceptors (Lipinski definition) is 8. The summed E-state index contributed by atoms with van der Waals surface area (Å²) in [5.41, 5.74) is 3.04. The van der Waals surface area contributed by atoms with Gasteiger partial charge in [0.05, 0.1) is 42.5 Å². The van der Waals surface area contributed by atoms with Crippen LogP contribution in [0.25, 0.3) is 22.4 Å². The number of morpholine rings is 1. The second-order valence-electron chi connectivity index (χ2n) is 10.0. The highest BCUT2D eigenvalue weighted by molar-refractivity contribution is 5.94. The van der Waals surface area contributed by atoms with E-state index < -0.39 is 6.09 Å². The number of rotatable bonds is 5. The fraction of sp³-hybridized carbons (Fsp3) is 0.310. The topological polar surface area (TPSA) is 150 Å². The summed E-state index contributed by atoms with van der Waals surface area (Å²) in [5.74, 6) is 1.27. The highest BCUT2D eigenvalue weighted by atomic mass is 16.5. The van der Waals surface area contributed by atoms with E-state index in [0.29, 0.717) is 62.0 Å². The van der Waals surface area contributed by atoms with E-state index in [0.717, 1.165) is 35.3 Å². The SMILES string of the molecule is N#Cc1ccc(C(=O)N2CCC(n3ncc4c(N5CCOCC5)nc(-c5ccc(NC(=O)O)cc5)nc43)CC2)cc1. The molecule has 4 aromatic rings. The van der Waals surface area contributed by atoms with Gasteiger partial charge in [0.15, 0.2) is 11.5 Å². The summed E-state index contributed by atoms with van der Waals surface area (Å²) in [4.78, 5) is 37.9. The summed E-state index contributed by atoms with van der Waals surface area (Å²) < 4.78 is 7.51. The zero-order valence-corrected chi connectivity index (χ0v) is 22.2. The van der Waals surface area contributed by atoms with Gasteiger partial charge < -0.3 is 19.6 Å². The largest absolute Gasteiger partial charge is 0.465 e. The van der Waals surface area contributed by atoms with E-state index in [-0.39, 0.29) is 11.9 Å². The highest BCUT2D eigenvalue weighted by Crippen LogP contribution is 2.32. The molecule has 4 heterocycles. The van der Waals surface area contributed by atoms with E-state index in [1.165, 1.54) is 0 Å². The van der Waals surface area contributed by atoms with Gasteiger partial charge in [-0.3, -0.25) is 10.1 Å². The molecule has 0 spiro atoms. The van der Waals surface area contributed by atoms with Crippen LogP contribution in [0.4, 0.5) is 16.3 Å². The number of carbonyl (C=O) groups excluding carboxylic acids is 1. The van der Waals surface area contributed by atoms with Gasteiger partial charge in [-0.2, -0.15) is 10.4 Å².